The van der Waals surface area contributed by atoms with Crippen molar-refractivity contribution < 1.29 is 4.74 Å². The van der Waals surface area contributed by atoms with Gasteiger partial charge in [-0.05, 0) is 32.6 Å². The highest BCUT2D eigenvalue weighted by Crippen LogP contribution is 2.26. The Kier molecular flexibility index (Phi) is 2.72. The van der Waals surface area contributed by atoms with Crippen molar-refractivity contribution in [1.29, 1.82) is 0 Å². The second-order valence-corrected chi connectivity index (χ2v) is 3.40. The van der Waals surface area contributed by atoms with Gasteiger partial charge in [0.15, 0.2) is 0 Å². The fourth-order valence-corrected chi connectivity index (χ4v) is 1.77. The van der Waals surface area contributed by atoms with Crippen molar-refractivity contribution in [3.8, 4) is 0 Å². The molecule has 0 saturated carbocycles. The molecule has 1 rings (SSSR count). The molecule has 0 N–H and O–H groups in total. The lowest BCUT2D eigenvalue weighted by molar-refractivity contribution is -0.0652. The molecule has 1 nitrogen and oxygen atoms in total. The summed E-state index contributed by atoms with van der Waals surface area (Å²) in [5.41, 5.74) is 0. The topological polar surface area (TPSA) is 9.23 Å². The quantitative estimate of drug-likeness (QED) is 0.547. The van der Waals surface area contributed by atoms with Crippen LogP contribution < -0.4 is 0 Å². The molecule has 3 unspecified atom stereocenters. The highest BCUT2D eigenvalue weighted by atomic mass is 16.5. The number of hydrogen-bond acceptors (Lipinski definition) is 1. The first-order valence-corrected chi connectivity index (χ1v) is 4.39. The van der Waals surface area contributed by atoms with Gasteiger partial charge in [-0.1, -0.05) is 13.3 Å². The average Bonchev–Trinajstić information content (AvgIpc) is 1.88. The van der Waals surface area contributed by atoms with Gasteiger partial charge >= 0.3 is 0 Å². The Labute approximate surface area is 63.8 Å². The first kappa shape index (κ1) is 8.06. The monoisotopic (exact) mass is 142 g/mol. The van der Waals surface area contributed by atoms with Gasteiger partial charge in [0.25, 0.3) is 0 Å². The molecule has 0 aromatic rings. The Hall–Kier alpha value is -0.0400. The molecule has 0 spiro atoms. The van der Waals surface area contributed by atoms with Crippen LogP contribution in [0.3, 0.4) is 0 Å². The third kappa shape index (κ3) is 1.72. The summed E-state index contributed by atoms with van der Waals surface area (Å²) < 4.78 is 5.69. The van der Waals surface area contributed by atoms with E-state index in [1.165, 1.54) is 19.3 Å². The normalized spacial score (nSPS) is 41.7. The van der Waals surface area contributed by atoms with Crippen molar-refractivity contribution in [3.05, 3.63) is 0 Å². The van der Waals surface area contributed by atoms with Gasteiger partial charge in [-0.15, -0.1) is 0 Å². The van der Waals surface area contributed by atoms with Gasteiger partial charge in [-0.25, -0.2) is 0 Å². The number of hydrogen-bond donors (Lipinski definition) is 0. The van der Waals surface area contributed by atoms with Crippen molar-refractivity contribution in [2.24, 2.45) is 5.92 Å². The minimum Gasteiger partial charge on any atom is -0.375 e. The molecular weight excluding hydrogens is 124 g/mol. The smallest absolute Gasteiger partial charge is 0.0578 e. The highest BCUT2D eigenvalue weighted by molar-refractivity contribution is 4.72. The lowest BCUT2D eigenvalue weighted by Gasteiger charge is -2.32. The fourth-order valence-electron chi connectivity index (χ4n) is 1.77. The lowest BCUT2D eigenvalue weighted by atomic mass is 9.91. The second kappa shape index (κ2) is 3.38. The standard InChI is InChI=1S/C9H18O/c1-4-9-6-5-7(2)10-8(9)3/h7-9H,4-6H2,1-3H3. The summed E-state index contributed by atoms with van der Waals surface area (Å²) in [6.45, 7) is 6.62. The number of rotatable bonds is 1. The van der Waals surface area contributed by atoms with Gasteiger partial charge in [-0.3, -0.25) is 0 Å². The maximum Gasteiger partial charge on any atom is 0.0578 e. The number of ether oxygens (including phenoxy) is 1. The molecule has 60 valence electrons. The van der Waals surface area contributed by atoms with Crippen LogP contribution in [0.25, 0.3) is 0 Å². The third-order valence-corrected chi connectivity index (χ3v) is 2.58. The minimum absolute atomic E-state index is 0.494. The molecule has 1 saturated heterocycles. The van der Waals surface area contributed by atoms with E-state index in [9.17, 15) is 0 Å². The molecule has 1 fully saturated rings. The van der Waals surface area contributed by atoms with Crippen LogP contribution in [0, 0.1) is 5.92 Å². The first-order valence-electron chi connectivity index (χ1n) is 4.39. The van der Waals surface area contributed by atoms with Crippen molar-refractivity contribution in [2.75, 3.05) is 0 Å². The van der Waals surface area contributed by atoms with Gasteiger partial charge in [0.2, 0.25) is 0 Å². The highest BCUT2D eigenvalue weighted by Gasteiger charge is 2.23. The van der Waals surface area contributed by atoms with E-state index in [2.05, 4.69) is 20.8 Å². The largest absolute Gasteiger partial charge is 0.375 e. The molecule has 0 radical (unpaired) electrons. The summed E-state index contributed by atoms with van der Waals surface area (Å²) >= 11 is 0. The summed E-state index contributed by atoms with van der Waals surface area (Å²) in [6, 6.07) is 0. The van der Waals surface area contributed by atoms with Gasteiger partial charge in [-0.2, -0.15) is 0 Å². The average molecular weight is 142 g/mol. The molecule has 1 heteroatoms. The minimum atomic E-state index is 0.494. The Morgan fingerprint density at radius 3 is 2.50 bits per heavy atom. The maximum absolute atomic E-state index is 5.69. The molecule has 3 atom stereocenters. The van der Waals surface area contributed by atoms with Crippen LogP contribution >= 0.6 is 0 Å². The van der Waals surface area contributed by atoms with Gasteiger partial charge in [0.1, 0.15) is 0 Å². The van der Waals surface area contributed by atoms with Gasteiger partial charge < -0.3 is 4.74 Å². The fraction of sp³-hybridized carbons (Fsp3) is 1.00. The van der Waals surface area contributed by atoms with Crippen LogP contribution in [-0.4, -0.2) is 12.2 Å². The SMILES string of the molecule is CCC1CCC(C)OC1C. The van der Waals surface area contributed by atoms with E-state index >= 15 is 0 Å². The van der Waals surface area contributed by atoms with E-state index in [1.54, 1.807) is 0 Å². The van der Waals surface area contributed by atoms with Crippen molar-refractivity contribution >= 4 is 0 Å². The summed E-state index contributed by atoms with van der Waals surface area (Å²) in [5, 5.41) is 0. The molecule has 0 bridgehead atoms. The molecule has 1 aliphatic heterocycles. The predicted octanol–water partition coefficient (Wildman–Crippen LogP) is 2.60. The van der Waals surface area contributed by atoms with Crippen molar-refractivity contribution in [2.45, 2.75) is 52.2 Å². The van der Waals surface area contributed by atoms with E-state index in [4.69, 9.17) is 4.74 Å². The van der Waals surface area contributed by atoms with Crippen molar-refractivity contribution in [3.63, 3.8) is 0 Å². The molecule has 0 amide bonds. The van der Waals surface area contributed by atoms with Gasteiger partial charge in [0, 0.05) is 0 Å². The van der Waals surface area contributed by atoms with E-state index in [0.717, 1.165) is 5.92 Å². The Balaban J connectivity index is 2.36. The van der Waals surface area contributed by atoms with E-state index < -0.39 is 0 Å². The van der Waals surface area contributed by atoms with Crippen LogP contribution in [0.15, 0.2) is 0 Å². The van der Waals surface area contributed by atoms with Crippen LogP contribution in [0.4, 0.5) is 0 Å². The summed E-state index contributed by atoms with van der Waals surface area (Å²) in [5.74, 6) is 0.816. The zero-order chi connectivity index (χ0) is 7.56. The maximum atomic E-state index is 5.69. The van der Waals surface area contributed by atoms with E-state index in [1.807, 2.05) is 0 Å². The molecule has 0 aliphatic carbocycles. The lowest BCUT2D eigenvalue weighted by Crippen LogP contribution is -2.30. The zero-order valence-electron chi connectivity index (χ0n) is 7.26. The summed E-state index contributed by atoms with van der Waals surface area (Å²) in [4.78, 5) is 0. The molecule has 0 aromatic heterocycles. The van der Waals surface area contributed by atoms with Crippen LogP contribution in [0.2, 0.25) is 0 Å². The van der Waals surface area contributed by atoms with Crippen LogP contribution in [-0.2, 0) is 4.74 Å². The molecule has 1 heterocycles. The summed E-state index contributed by atoms with van der Waals surface area (Å²) in [6.07, 6.45) is 4.88. The molecule has 0 aromatic carbocycles. The summed E-state index contributed by atoms with van der Waals surface area (Å²) in [7, 11) is 0. The molecule has 1 aliphatic rings. The third-order valence-electron chi connectivity index (χ3n) is 2.58. The second-order valence-electron chi connectivity index (χ2n) is 3.40. The van der Waals surface area contributed by atoms with Crippen LogP contribution in [0.1, 0.15) is 40.0 Å². The van der Waals surface area contributed by atoms with Crippen molar-refractivity contribution in [1.82, 2.24) is 0 Å². The Morgan fingerprint density at radius 2 is 2.00 bits per heavy atom. The van der Waals surface area contributed by atoms with E-state index in [0.29, 0.717) is 12.2 Å². The van der Waals surface area contributed by atoms with Crippen LogP contribution in [0.5, 0.6) is 0 Å². The van der Waals surface area contributed by atoms with E-state index in [-0.39, 0.29) is 0 Å². The first-order chi connectivity index (χ1) is 4.74. The Morgan fingerprint density at radius 1 is 1.30 bits per heavy atom. The molecular formula is C9H18O. The zero-order valence-corrected chi connectivity index (χ0v) is 7.26. The predicted molar refractivity (Wildman–Crippen MR) is 43.0 cm³/mol. The molecule has 10 heavy (non-hydrogen) atoms. The van der Waals surface area contributed by atoms with Gasteiger partial charge in [0.05, 0.1) is 12.2 Å². The Bertz CT molecular complexity index is 101.